The van der Waals surface area contributed by atoms with E-state index in [1.165, 1.54) is 0 Å². The Labute approximate surface area is 162 Å². The molecule has 1 aliphatic heterocycles. The quantitative estimate of drug-likeness (QED) is 0.219. The largest absolute Gasteiger partial charge is 0.481 e. The second-order valence-corrected chi connectivity index (χ2v) is 6.79. The molecule has 1 aromatic carbocycles. The molecule has 1 aliphatic rings. The van der Waals surface area contributed by atoms with Crippen molar-refractivity contribution >= 4 is 11.9 Å². The van der Waals surface area contributed by atoms with E-state index < -0.39 is 42.6 Å². The SMILES string of the molecule is O=C(O)CCCCCCc1ccc(OC(=O)[C@H]2O[C@@H](O)[C@H](O)[C@@H](O)[C@@H]2O)cc1. The lowest BCUT2D eigenvalue weighted by molar-refractivity contribution is -0.279. The van der Waals surface area contributed by atoms with E-state index >= 15 is 0 Å². The molecule has 0 bridgehead atoms. The Balaban J connectivity index is 1.78. The van der Waals surface area contributed by atoms with E-state index in [-0.39, 0.29) is 12.2 Å². The van der Waals surface area contributed by atoms with Gasteiger partial charge in [0, 0.05) is 6.42 Å². The Hall–Kier alpha value is -2.04. The molecule has 0 aromatic heterocycles. The van der Waals surface area contributed by atoms with E-state index in [2.05, 4.69) is 0 Å². The maximum atomic E-state index is 12.1. The molecule has 0 radical (unpaired) electrons. The van der Waals surface area contributed by atoms with Crippen LogP contribution in [0.3, 0.4) is 0 Å². The predicted molar refractivity (Wildman–Crippen MR) is 95.4 cm³/mol. The molecular formula is C19H26O9. The minimum atomic E-state index is -1.81. The van der Waals surface area contributed by atoms with Crippen LogP contribution < -0.4 is 4.74 Å². The zero-order valence-electron chi connectivity index (χ0n) is 15.3. The number of carboxylic acids is 1. The molecule has 156 valence electrons. The molecule has 1 aromatic rings. The van der Waals surface area contributed by atoms with Crippen LogP contribution in [0.25, 0.3) is 0 Å². The summed E-state index contributed by atoms with van der Waals surface area (Å²) in [6, 6.07) is 6.72. The zero-order valence-corrected chi connectivity index (χ0v) is 15.3. The number of ether oxygens (including phenoxy) is 2. The number of aliphatic hydroxyl groups is 4. The number of carbonyl (C=O) groups is 2. The Kier molecular flexibility index (Phi) is 8.34. The Morgan fingerprint density at radius 1 is 0.893 bits per heavy atom. The predicted octanol–water partition coefficient (Wildman–Crippen LogP) is -0.0305. The number of hydrogen-bond acceptors (Lipinski definition) is 8. The molecule has 5 atom stereocenters. The normalized spacial score (nSPS) is 27.4. The van der Waals surface area contributed by atoms with Gasteiger partial charge in [-0.3, -0.25) is 4.79 Å². The van der Waals surface area contributed by atoms with Gasteiger partial charge in [0.2, 0.25) is 0 Å². The van der Waals surface area contributed by atoms with Gasteiger partial charge in [0.15, 0.2) is 12.4 Å². The standard InChI is InChI=1S/C19H26O9/c20-13(21)6-4-2-1-3-5-11-7-9-12(10-8-11)27-19(26)17-15(23)14(22)16(24)18(25)28-17/h7-10,14-18,22-25H,1-6H2,(H,20,21)/t14-,15-,16+,17-,18+/m0/s1. The smallest absolute Gasteiger partial charge is 0.343 e. The number of aliphatic carboxylic acids is 1. The van der Waals surface area contributed by atoms with E-state index in [0.717, 1.165) is 31.2 Å². The van der Waals surface area contributed by atoms with Crippen LogP contribution in [0, 0.1) is 0 Å². The van der Waals surface area contributed by atoms with Crippen molar-refractivity contribution in [3.05, 3.63) is 29.8 Å². The van der Waals surface area contributed by atoms with Crippen LogP contribution in [-0.2, 0) is 20.7 Å². The van der Waals surface area contributed by atoms with Crippen molar-refractivity contribution in [1.82, 2.24) is 0 Å². The van der Waals surface area contributed by atoms with Crippen molar-refractivity contribution < 1.29 is 44.6 Å². The molecule has 0 saturated carbocycles. The molecule has 28 heavy (non-hydrogen) atoms. The zero-order chi connectivity index (χ0) is 20.7. The third-order valence-corrected chi connectivity index (χ3v) is 4.57. The highest BCUT2D eigenvalue weighted by Gasteiger charge is 2.47. The van der Waals surface area contributed by atoms with E-state index in [1.54, 1.807) is 24.3 Å². The highest BCUT2D eigenvalue weighted by atomic mass is 16.7. The summed E-state index contributed by atoms with van der Waals surface area (Å²) in [6.45, 7) is 0. The molecule has 0 aliphatic carbocycles. The number of aliphatic hydroxyl groups excluding tert-OH is 4. The Morgan fingerprint density at radius 2 is 1.54 bits per heavy atom. The van der Waals surface area contributed by atoms with Gasteiger partial charge >= 0.3 is 11.9 Å². The maximum absolute atomic E-state index is 12.1. The first-order valence-corrected chi connectivity index (χ1v) is 9.19. The van der Waals surface area contributed by atoms with Gasteiger partial charge in [0.05, 0.1) is 0 Å². The summed E-state index contributed by atoms with van der Waals surface area (Å²) in [5, 5.41) is 46.9. The summed E-state index contributed by atoms with van der Waals surface area (Å²) in [5.74, 6) is -1.57. The summed E-state index contributed by atoms with van der Waals surface area (Å²) >= 11 is 0. The number of rotatable bonds is 9. The summed E-state index contributed by atoms with van der Waals surface area (Å²) in [6.07, 6.45) is -4.26. The van der Waals surface area contributed by atoms with Crippen LogP contribution in [-0.4, -0.2) is 68.2 Å². The van der Waals surface area contributed by atoms with Crippen LogP contribution in [0.2, 0.25) is 0 Å². The monoisotopic (exact) mass is 398 g/mol. The Bertz CT molecular complexity index is 645. The summed E-state index contributed by atoms with van der Waals surface area (Å²) in [7, 11) is 0. The van der Waals surface area contributed by atoms with Gasteiger partial charge in [0.1, 0.15) is 24.1 Å². The van der Waals surface area contributed by atoms with Crippen LogP contribution >= 0.6 is 0 Å². The fraction of sp³-hybridized carbons (Fsp3) is 0.579. The summed E-state index contributed by atoms with van der Waals surface area (Å²) < 4.78 is 9.93. The molecule has 0 amide bonds. The van der Waals surface area contributed by atoms with Crippen molar-refractivity contribution in [1.29, 1.82) is 0 Å². The molecule has 1 saturated heterocycles. The van der Waals surface area contributed by atoms with Crippen molar-refractivity contribution in [2.24, 2.45) is 0 Å². The first-order valence-electron chi connectivity index (χ1n) is 9.19. The van der Waals surface area contributed by atoms with E-state index in [9.17, 15) is 30.0 Å². The van der Waals surface area contributed by atoms with Crippen molar-refractivity contribution in [3.63, 3.8) is 0 Å². The third-order valence-electron chi connectivity index (χ3n) is 4.57. The molecule has 9 nitrogen and oxygen atoms in total. The van der Waals surface area contributed by atoms with Gasteiger partial charge in [0.25, 0.3) is 0 Å². The first kappa shape index (κ1) is 22.3. The van der Waals surface area contributed by atoms with Crippen molar-refractivity contribution in [2.45, 2.75) is 69.2 Å². The lowest BCUT2D eigenvalue weighted by Gasteiger charge is -2.36. The molecule has 5 N–H and O–H groups in total. The number of esters is 1. The van der Waals surface area contributed by atoms with Crippen LogP contribution in [0.1, 0.15) is 37.7 Å². The fourth-order valence-electron chi connectivity index (χ4n) is 2.91. The minimum Gasteiger partial charge on any atom is -0.481 e. The number of aryl methyl sites for hydroxylation is 1. The van der Waals surface area contributed by atoms with Gasteiger partial charge < -0.3 is 35.0 Å². The topological polar surface area (TPSA) is 154 Å². The van der Waals surface area contributed by atoms with Gasteiger partial charge in [-0.15, -0.1) is 0 Å². The molecule has 9 heteroatoms. The number of carboxylic acid groups (broad SMARTS) is 1. The van der Waals surface area contributed by atoms with Gasteiger partial charge in [-0.2, -0.15) is 0 Å². The van der Waals surface area contributed by atoms with E-state index in [4.69, 9.17) is 14.6 Å². The molecular weight excluding hydrogens is 372 g/mol. The van der Waals surface area contributed by atoms with Crippen molar-refractivity contribution in [3.8, 4) is 5.75 Å². The first-order chi connectivity index (χ1) is 13.3. The second kappa shape index (κ2) is 10.5. The molecule has 1 heterocycles. The van der Waals surface area contributed by atoms with Crippen LogP contribution in [0.4, 0.5) is 0 Å². The van der Waals surface area contributed by atoms with Crippen LogP contribution in [0.15, 0.2) is 24.3 Å². The number of carbonyl (C=O) groups excluding carboxylic acids is 1. The second-order valence-electron chi connectivity index (χ2n) is 6.79. The third kappa shape index (κ3) is 6.25. The molecule has 0 spiro atoms. The van der Waals surface area contributed by atoms with Gasteiger partial charge in [-0.05, 0) is 37.0 Å². The average Bonchev–Trinajstić information content (AvgIpc) is 2.66. The number of benzene rings is 1. The molecule has 2 rings (SSSR count). The highest BCUT2D eigenvalue weighted by Crippen LogP contribution is 2.22. The maximum Gasteiger partial charge on any atom is 0.343 e. The molecule has 0 unspecified atom stereocenters. The summed E-state index contributed by atoms with van der Waals surface area (Å²) in [5.41, 5.74) is 1.03. The van der Waals surface area contributed by atoms with Crippen LogP contribution in [0.5, 0.6) is 5.75 Å². The summed E-state index contributed by atoms with van der Waals surface area (Å²) in [4.78, 5) is 22.6. The van der Waals surface area contributed by atoms with E-state index in [0.29, 0.717) is 6.42 Å². The highest BCUT2D eigenvalue weighted by molar-refractivity contribution is 5.78. The fourth-order valence-corrected chi connectivity index (χ4v) is 2.91. The van der Waals surface area contributed by atoms with Gasteiger partial charge in [-0.25, -0.2) is 4.79 Å². The van der Waals surface area contributed by atoms with E-state index in [1.807, 2.05) is 0 Å². The lowest BCUT2D eigenvalue weighted by atomic mass is 9.99. The Morgan fingerprint density at radius 3 is 2.18 bits per heavy atom. The molecule has 1 fully saturated rings. The lowest BCUT2D eigenvalue weighted by Crippen LogP contribution is -2.60. The minimum absolute atomic E-state index is 0.187. The number of hydrogen-bond donors (Lipinski definition) is 5. The van der Waals surface area contributed by atoms with Gasteiger partial charge in [-0.1, -0.05) is 25.0 Å². The number of unbranched alkanes of at least 4 members (excludes halogenated alkanes) is 3. The average molecular weight is 398 g/mol. The van der Waals surface area contributed by atoms with Crippen molar-refractivity contribution in [2.75, 3.05) is 0 Å².